The molecule has 2 rings (SSSR count). The molecule has 0 aliphatic carbocycles. The van der Waals surface area contributed by atoms with E-state index in [4.69, 9.17) is 23.2 Å². The minimum atomic E-state index is 0.456. The van der Waals surface area contributed by atoms with Crippen molar-refractivity contribution in [2.45, 2.75) is 19.2 Å². The van der Waals surface area contributed by atoms with E-state index in [0.717, 1.165) is 37.6 Å². The van der Waals surface area contributed by atoms with Crippen LogP contribution in [0.2, 0.25) is 5.02 Å². The van der Waals surface area contributed by atoms with E-state index in [1.807, 2.05) is 12.3 Å². The summed E-state index contributed by atoms with van der Waals surface area (Å²) in [4.78, 5) is 9.17. The smallest absolute Gasteiger partial charge is 0.147 e. The van der Waals surface area contributed by atoms with Gasteiger partial charge in [-0.2, -0.15) is 0 Å². The molecule has 1 aromatic rings. The van der Waals surface area contributed by atoms with Crippen LogP contribution in [0.25, 0.3) is 0 Å². The Balaban J connectivity index is 2.01. The Morgan fingerprint density at radius 1 is 1.28 bits per heavy atom. The van der Waals surface area contributed by atoms with Gasteiger partial charge in [0.25, 0.3) is 0 Å². The lowest BCUT2D eigenvalue weighted by atomic mass is 10.2. The molecular weight excluding hydrogens is 269 g/mol. The van der Waals surface area contributed by atoms with Gasteiger partial charge in [-0.15, -0.1) is 11.6 Å². The maximum atomic E-state index is 6.26. The summed E-state index contributed by atoms with van der Waals surface area (Å²) in [7, 11) is 0. The molecule has 0 radical (unpaired) electrons. The second-order valence-electron chi connectivity index (χ2n) is 4.61. The third-order valence-corrected chi connectivity index (χ3v) is 3.83. The Morgan fingerprint density at radius 2 is 2.00 bits per heavy atom. The highest BCUT2D eigenvalue weighted by Gasteiger charge is 2.19. The summed E-state index contributed by atoms with van der Waals surface area (Å²) in [6.07, 6.45) is 3.02. The highest BCUT2D eigenvalue weighted by Crippen LogP contribution is 2.25. The predicted molar refractivity (Wildman–Crippen MR) is 77.7 cm³/mol. The molecule has 0 aromatic carbocycles. The van der Waals surface area contributed by atoms with Crippen LogP contribution in [0.5, 0.6) is 0 Å². The molecule has 1 fully saturated rings. The standard InChI is InChI=1S/C13H19Cl2N3/c1-2-3-17-4-6-18(7-5-17)13-12(15)8-11(9-14)10-16-13/h8,10H,2-7,9H2,1H3. The first-order valence-corrected chi connectivity index (χ1v) is 7.33. The number of piperazine rings is 1. The van der Waals surface area contributed by atoms with Crippen LogP contribution < -0.4 is 4.90 Å². The summed E-state index contributed by atoms with van der Waals surface area (Å²) in [5.74, 6) is 1.35. The zero-order valence-corrected chi connectivity index (χ0v) is 12.2. The molecule has 3 nitrogen and oxygen atoms in total. The number of aromatic nitrogens is 1. The fraction of sp³-hybridized carbons (Fsp3) is 0.615. The first-order valence-electron chi connectivity index (χ1n) is 6.42. The van der Waals surface area contributed by atoms with Gasteiger partial charge in [-0.1, -0.05) is 18.5 Å². The van der Waals surface area contributed by atoms with Gasteiger partial charge in [0.2, 0.25) is 0 Å². The second-order valence-corrected chi connectivity index (χ2v) is 5.29. The Labute approximate surface area is 119 Å². The van der Waals surface area contributed by atoms with Crippen molar-refractivity contribution in [1.82, 2.24) is 9.88 Å². The lowest BCUT2D eigenvalue weighted by molar-refractivity contribution is 0.258. The molecule has 0 saturated carbocycles. The molecule has 1 saturated heterocycles. The lowest BCUT2D eigenvalue weighted by Gasteiger charge is -2.35. The highest BCUT2D eigenvalue weighted by atomic mass is 35.5. The highest BCUT2D eigenvalue weighted by molar-refractivity contribution is 6.33. The van der Waals surface area contributed by atoms with E-state index in [1.54, 1.807) is 0 Å². The first-order chi connectivity index (χ1) is 8.74. The van der Waals surface area contributed by atoms with Crippen molar-refractivity contribution in [1.29, 1.82) is 0 Å². The molecule has 0 atom stereocenters. The maximum Gasteiger partial charge on any atom is 0.147 e. The van der Waals surface area contributed by atoms with Gasteiger partial charge in [-0.05, 0) is 24.6 Å². The Hall–Kier alpha value is -0.510. The van der Waals surface area contributed by atoms with E-state index >= 15 is 0 Å². The number of pyridine rings is 1. The number of alkyl halides is 1. The third-order valence-electron chi connectivity index (χ3n) is 3.24. The van der Waals surface area contributed by atoms with Crippen molar-refractivity contribution in [3.63, 3.8) is 0 Å². The topological polar surface area (TPSA) is 19.4 Å². The summed E-state index contributed by atoms with van der Waals surface area (Å²) in [5.41, 5.74) is 0.968. The molecule has 0 amide bonds. The number of nitrogens with zero attached hydrogens (tertiary/aromatic N) is 3. The molecule has 0 bridgehead atoms. The van der Waals surface area contributed by atoms with Crippen LogP contribution in [0.1, 0.15) is 18.9 Å². The van der Waals surface area contributed by atoms with E-state index < -0.39 is 0 Å². The van der Waals surface area contributed by atoms with E-state index in [2.05, 4.69) is 21.7 Å². The molecule has 0 N–H and O–H groups in total. The van der Waals surface area contributed by atoms with Crippen molar-refractivity contribution in [3.05, 3.63) is 22.8 Å². The molecule has 1 aliphatic rings. The van der Waals surface area contributed by atoms with Gasteiger partial charge in [0.15, 0.2) is 0 Å². The summed E-state index contributed by atoms with van der Waals surface area (Å²) >= 11 is 12.0. The quantitative estimate of drug-likeness (QED) is 0.794. The molecule has 1 aromatic heterocycles. The molecular formula is C13H19Cl2N3. The zero-order chi connectivity index (χ0) is 13.0. The summed E-state index contributed by atoms with van der Waals surface area (Å²) in [5, 5.41) is 0.706. The number of hydrogen-bond donors (Lipinski definition) is 0. The molecule has 5 heteroatoms. The molecule has 0 unspecified atom stereocenters. The van der Waals surface area contributed by atoms with Crippen LogP contribution in [-0.4, -0.2) is 42.6 Å². The minimum Gasteiger partial charge on any atom is -0.353 e. The Bertz CT molecular complexity index is 390. The summed E-state index contributed by atoms with van der Waals surface area (Å²) in [6, 6.07) is 1.91. The van der Waals surface area contributed by atoms with Gasteiger partial charge in [-0.25, -0.2) is 4.98 Å². The molecule has 2 heterocycles. The molecule has 100 valence electrons. The van der Waals surface area contributed by atoms with Crippen molar-refractivity contribution < 1.29 is 0 Å². The monoisotopic (exact) mass is 287 g/mol. The van der Waals surface area contributed by atoms with Crippen LogP contribution in [0, 0.1) is 0 Å². The Kier molecular flexibility index (Phi) is 5.10. The van der Waals surface area contributed by atoms with E-state index in [9.17, 15) is 0 Å². The van der Waals surface area contributed by atoms with Gasteiger partial charge in [-0.3, -0.25) is 4.90 Å². The SMILES string of the molecule is CCCN1CCN(c2ncc(CCl)cc2Cl)CC1. The van der Waals surface area contributed by atoms with Gasteiger partial charge in [0, 0.05) is 38.3 Å². The van der Waals surface area contributed by atoms with Gasteiger partial charge >= 0.3 is 0 Å². The van der Waals surface area contributed by atoms with Crippen molar-refractivity contribution in [3.8, 4) is 0 Å². The van der Waals surface area contributed by atoms with Crippen molar-refractivity contribution >= 4 is 29.0 Å². The summed E-state index contributed by atoms with van der Waals surface area (Å²) in [6.45, 7) is 7.56. The summed E-state index contributed by atoms with van der Waals surface area (Å²) < 4.78 is 0. The van der Waals surface area contributed by atoms with Crippen LogP contribution in [0.4, 0.5) is 5.82 Å². The van der Waals surface area contributed by atoms with Crippen LogP contribution in [-0.2, 0) is 5.88 Å². The number of hydrogen-bond acceptors (Lipinski definition) is 3. The largest absolute Gasteiger partial charge is 0.353 e. The van der Waals surface area contributed by atoms with Crippen LogP contribution in [0.3, 0.4) is 0 Å². The van der Waals surface area contributed by atoms with Crippen LogP contribution >= 0.6 is 23.2 Å². The normalized spacial score (nSPS) is 17.2. The fourth-order valence-electron chi connectivity index (χ4n) is 2.28. The maximum absolute atomic E-state index is 6.26. The molecule has 1 aliphatic heterocycles. The number of halogens is 2. The lowest BCUT2D eigenvalue weighted by Crippen LogP contribution is -2.46. The van der Waals surface area contributed by atoms with E-state index in [-0.39, 0.29) is 0 Å². The van der Waals surface area contributed by atoms with Gasteiger partial charge in [0.1, 0.15) is 5.82 Å². The zero-order valence-electron chi connectivity index (χ0n) is 10.7. The van der Waals surface area contributed by atoms with E-state index in [0.29, 0.717) is 10.9 Å². The predicted octanol–water partition coefficient (Wildman–Crippen LogP) is 3.01. The third kappa shape index (κ3) is 3.28. The van der Waals surface area contributed by atoms with Crippen molar-refractivity contribution in [2.24, 2.45) is 0 Å². The Morgan fingerprint density at radius 3 is 2.56 bits per heavy atom. The van der Waals surface area contributed by atoms with Crippen LogP contribution in [0.15, 0.2) is 12.3 Å². The van der Waals surface area contributed by atoms with Gasteiger partial charge in [0.05, 0.1) is 5.02 Å². The van der Waals surface area contributed by atoms with Gasteiger partial charge < -0.3 is 4.90 Å². The average Bonchev–Trinajstić information content (AvgIpc) is 2.40. The van der Waals surface area contributed by atoms with E-state index in [1.165, 1.54) is 13.0 Å². The molecule has 18 heavy (non-hydrogen) atoms. The number of rotatable bonds is 4. The second kappa shape index (κ2) is 6.60. The average molecular weight is 288 g/mol. The van der Waals surface area contributed by atoms with Crippen molar-refractivity contribution in [2.75, 3.05) is 37.6 Å². The number of anilines is 1. The fourth-order valence-corrected chi connectivity index (χ4v) is 2.73. The first kappa shape index (κ1) is 13.9. The molecule has 0 spiro atoms. The minimum absolute atomic E-state index is 0.456.